The SMILES string of the molecule is CNCCNC(=O)c1cc(-c2cnn(C)c2)n(-c2ccc(OC)nc2)n1. The van der Waals surface area contributed by atoms with Gasteiger partial charge < -0.3 is 15.4 Å². The van der Waals surface area contributed by atoms with E-state index in [9.17, 15) is 4.79 Å². The van der Waals surface area contributed by atoms with E-state index in [2.05, 4.69) is 25.8 Å². The summed E-state index contributed by atoms with van der Waals surface area (Å²) < 4.78 is 8.47. The number of carbonyl (C=O) groups excluding carboxylic acids is 1. The van der Waals surface area contributed by atoms with E-state index in [1.54, 1.807) is 41.0 Å². The number of rotatable bonds is 7. The first-order valence-electron chi connectivity index (χ1n) is 8.14. The van der Waals surface area contributed by atoms with E-state index < -0.39 is 0 Å². The van der Waals surface area contributed by atoms with Gasteiger partial charge in [0.2, 0.25) is 5.88 Å². The van der Waals surface area contributed by atoms with Crippen molar-refractivity contribution in [3.8, 4) is 22.8 Å². The molecular formula is C17H21N7O2. The Kier molecular flexibility index (Phi) is 5.28. The van der Waals surface area contributed by atoms with E-state index >= 15 is 0 Å². The van der Waals surface area contributed by atoms with Crippen molar-refractivity contribution in [2.45, 2.75) is 0 Å². The number of hydrogen-bond acceptors (Lipinski definition) is 6. The van der Waals surface area contributed by atoms with Crippen molar-refractivity contribution in [2.24, 2.45) is 7.05 Å². The topological polar surface area (TPSA) is 98.9 Å². The van der Waals surface area contributed by atoms with Gasteiger partial charge >= 0.3 is 0 Å². The number of carbonyl (C=O) groups is 1. The van der Waals surface area contributed by atoms with Crippen molar-refractivity contribution >= 4 is 5.91 Å². The van der Waals surface area contributed by atoms with Gasteiger partial charge in [-0.3, -0.25) is 9.48 Å². The molecule has 0 saturated carbocycles. The van der Waals surface area contributed by atoms with Crippen LogP contribution in [0, 0.1) is 0 Å². The van der Waals surface area contributed by atoms with Crippen LogP contribution in [-0.2, 0) is 7.05 Å². The van der Waals surface area contributed by atoms with Crippen LogP contribution in [0.1, 0.15) is 10.5 Å². The van der Waals surface area contributed by atoms with Crippen molar-refractivity contribution in [3.05, 3.63) is 42.5 Å². The zero-order chi connectivity index (χ0) is 18.5. The van der Waals surface area contributed by atoms with E-state index in [4.69, 9.17) is 4.74 Å². The summed E-state index contributed by atoms with van der Waals surface area (Å²) >= 11 is 0. The maximum Gasteiger partial charge on any atom is 0.271 e. The fourth-order valence-electron chi connectivity index (χ4n) is 2.46. The minimum atomic E-state index is -0.231. The molecule has 26 heavy (non-hydrogen) atoms. The zero-order valence-corrected chi connectivity index (χ0v) is 14.9. The highest BCUT2D eigenvalue weighted by Gasteiger charge is 2.17. The Balaban J connectivity index is 1.98. The molecule has 136 valence electrons. The zero-order valence-electron chi connectivity index (χ0n) is 14.9. The Morgan fingerprint density at radius 3 is 2.73 bits per heavy atom. The normalized spacial score (nSPS) is 10.7. The van der Waals surface area contributed by atoms with Crippen molar-refractivity contribution < 1.29 is 9.53 Å². The number of ether oxygens (including phenoxy) is 1. The second-order valence-electron chi connectivity index (χ2n) is 5.65. The fraction of sp³-hybridized carbons (Fsp3) is 0.294. The molecule has 0 spiro atoms. The summed E-state index contributed by atoms with van der Waals surface area (Å²) in [5.74, 6) is 0.277. The second-order valence-corrected chi connectivity index (χ2v) is 5.65. The van der Waals surface area contributed by atoms with Crippen molar-refractivity contribution in [3.63, 3.8) is 0 Å². The summed E-state index contributed by atoms with van der Waals surface area (Å²) in [7, 11) is 5.23. The summed E-state index contributed by atoms with van der Waals surface area (Å²) in [5.41, 5.74) is 2.66. The van der Waals surface area contributed by atoms with Crippen LogP contribution >= 0.6 is 0 Å². The standard InChI is InChI=1S/C17H21N7O2/c1-18-6-7-19-17(25)14-8-15(12-9-21-23(2)11-12)24(22-14)13-4-5-16(26-3)20-10-13/h4-5,8-11,18H,6-7H2,1-3H3,(H,19,25). The lowest BCUT2D eigenvalue weighted by molar-refractivity contribution is 0.0948. The molecule has 3 aromatic rings. The lowest BCUT2D eigenvalue weighted by Gasteiger charge is -2.06. The highest BCUT2D eigenvalue weighted by Crippen LogP contribution is 2.24. The van der Waals surface area contributed by atoms with Crippen LogP contribution in [0.3, 0.4) is 0 Å². The first-order valence-corrected chi connectivity index (χ1v) is 8.14. The van der Waals surface area contributed by atoms with Gasteiger partial charge in [0.15, 0.2) is 5.69 Å². The molecule has 0 unspecified atom stereocenters. The monoisotopic (exact) mass is 355 g/mol. The largest absolute Gasteiger partial charge is 0.481 e. The Hall–Kier alpha value is -3.20. The van der Waals surface area contributed by atoms with Gasteiger partial charge in [-0.15, -0.1) is 0 Å². The Morgan fingerprint density at radius 2 is 2.12 bits per heavy atom. The van der Waals surface area contributed by atoms with Gasteiger partial charge in [0.25, 0.3) is 5.91 Å². The Morgan fingerprint density at radius 1 is 1.27 bits per heavy atom. The van der Waals surface area contributed by atoms with Crippen LogP contribution in [0.5, 0.6) is 5.88 Å². The van der Waals surface area contributed by atoms with Gasteiger partial charge in [0, 0.05) is 38.0 Å². The lowest BCUT2D eigenvalue weighted by Crippen LogP contribution is -2.30. The second kappa shape index (κ2) is 7.79. The summed E-state index contributed by atoms with van der Waals surface area (Å²) in [6, 6.07) is 5.33. The van der Waals surface area contributed by atoms with Crippen molar-refractivity contribution in [2.75, 3.05) is 27.2 Å². The molecule has 0 aliphatic carbocycles. The van der Waals surface area contributed by atoms with Gasteiger partial charge in [-0.25, -0.2) is 9.67 Å². The summed E-state index contributed by atoms with van der Waals surface area (Å²) in [6.45, 7) is 1.21. The average molecular weight is 355 g/mol. The molecule has 3 rings (SSSR count). The molecule has 9 heteroatoms. The third kappa shape index (κ3) is 3.72. The molecule has 3 aromatic heterocycles. The maximum atomic E-state index is 12.4. The summed E-state index contributed by atoms with van der Waals surface area (Å²) in [5, 5.41) is 14.5. The molecule has 0 atom stereocenters. The van der Waals surface area contributed by atoms with Crippen LogP contribution < -0.4 is 15.4 Å². The number of nitrogens with one attached hydrogen (secondary N) is 2. The lowest BCUT2D eigenvalue weighted by atomic mass is 10.2. The maximum absolute atomic E-state index is 12.4. The van der Waals surface area contributed by atoms with Crippen molar-refractivity contribution in [1.29, 1.82) is 0 Å². The average Bonchev–Trinajstić information content (AvgIpc) is 3.28. The molecular weight excluding hydrogens is 334 g/mol. The molecule has 0 aliphatic heterocycles. The van der Waals surface area contributed by atoms with Gasteiger partial charge in [-0.05, 0) is 19.2 Å². The smallest absolute Gasteiger partial charge is 0.271 e. The predicted octanol–water partition coefficient (Wildman–Crippen LogP) is 0.626. The summed E-state index contributed by atoms with van der Waals surface area (Å²) in [4.78, 5) is 16.6. The van der Waals surface area contributed by atoms with Crippen LogP contribution in [0.2, 0.25) is 0 Å². The molecule has 2 N–H and O–H groups in total. The van der Waals surface area contributed by atoms with E-state index in [1.165, 1.54) is 0 Å². The number of amides is 1. The third-order valence-corrected chi connectivity index (χ3v) is 3.78. The number of nitrogens with zero attached hydrogens (tertiary/aromatic N) is 5. The highest BCUT2D eigenvalue weighted by molar-refractivity contribution is 5.93. The van der Waals surface area contributed by atoms with Gasteiger partial charge in [0.05, 0.1) is 30.9 Å². The van der Waals surface area contributed by atoms with E-state index in [-0.39, 0.29) is 5.91 Å². The third-order valence-electron chi connectivity index (χ3n) is 3.78. The fourth-order valence-corrected chi connectivity index (χ4v) is 2.46. The van der Waals surface area contributed by atoms with E-state index in [0.29, 0.717) is 24.7 Å². The molecule has 0 bridgehead atoms. The van der Waals surface area contributed by atoms with E-state index in [1.807, 2.05) is 26.4 Å². The number of aryl methyl sites for hydroxylation is 1. The summed E-state index contributed by atoms with van der Waals surface area (Å²) in [6.07, 6.45) is 5.24. The number of pyridine rings is 1. The molecule has 0 saturated heterocycles. The molecule has 0 radical (unpaired) electrons. The molecule has 1 amide bonds. The number of hydrogen-bond donors (Lipinski definition) is 2. The minimum Gasteiger partial charge on any atom is -0.481 e. The van der Waals surface area contributed by atoms with Crippen molar-refractivity contribution in [1.82, 2.24) is 35.2 Å². The first kappa shape index (κ1) is 17.6. The number of methoxy groups -OCH3 is 1. The van der Waals surface area contributed by atoms with Gasteiger partial charge in [0.1, 0.15) is 0 Å². The molecule has 9 nitrogen and oxygen atoms in total. The minimum absolute atomic E-state index is 0.231. The molecule has 0 aliphatic rings. The van der Waals surface area contributed by atoms with E-state index in [0.717, 1.165) is 16.9 Å². The first-order chi connectivity index (χ1) is 12.6. The predicted molar refractivity (Wildman–Crippen MR) is 96.4 cm³/mol. The highest BCUT2D eigenvalue weighted by atomic mass is 16.5. The number of aromatic nitrogens is 5. The van der Waals surface area contributed by atoms with Gasteiger partial charge in [-0.1, -0.05) is 0 Å². The molecule has 0 fully saturated rings. The van der Waals surface area contributed by atoms with Gasteiger partial charge in [-0.2, -0.15) is 10.2 Å². The van der Waals surface area contributed by atoms with Crippen LogP contribution in [0.4, 0.5) is 0 Å². The molecule has 0 aromatic carbocycles. The Bertz CT molecular complexity index is 883. The quantitative estimate of drug-likeness (QED) is 0.603. The van der Waals surface area contributed by atoms with Crippen LogP contribution in [0.25, 0.3) is 16.9 Å². The number of likely N-dealkylation sites (N-methyl/N-ethyl adjacent to an activating group) is 1. The Labute approximate surface area is 151 Å². The van der Waals surface area contributed by atoms with Crippen LogP contribution in [0.15, 0.2) is 36.8 Å². The molecule has 3 heterocycles. The van der Waals surface area contributed by atoms with Crippen LogP contribution in [-0.4, -0.2) is 57.7 Å².